The van der Waals surface area contributed by atoms with Crippen LogP contribution in [-0.4, -0.2) is 15.8 Å². The fourth-order valence-corrected chi connectivity index (χ4v) is 13.4. The van der Waals surface area contributed by atoms with Crippen LogP contribution in [0.5, 0.6) is 0 Å². The van der Waals surface area contributed by atoms with E-state index in [0.29, 0.717) is 5.56 Å². The van der Waals surface area contributed by atoms with Gasteiger partial charge in [-0.2, -0.15) is 5.26 Å². The maximum atomic E-state index is 11.1. The molecular weight excluding hydrogens is 926 g/mol. The van der Waals surface area contributed by atoms with Crippen LogP contribution >= 0.6 is 0 Å². The number of nitrogens with zero attached hydrogens (tertiary/aromatic N) is 5. The predicted molar refractivity (Wildman–Crippen MR) is 318 cm³/mol. The zero-order valence-corrected chi connectivity index (χ0v) is 43.2. The summed E-state index contributed by atoms with van der Waals surface area (Å²) in [5.41, 5.74) is 24.1. The van der Waals surface area contributed by atoms with Gasteiger partial charge in [-0.05, 0) is 140 Å². The van der Waals surface area contributed by atoms with E-state index >= 15 is 0 Å². The van der Waals surface area contributed by atoms with E-state index in [1.165, 1.54) is 71.1 Å². The van der Waals surface area contributed by atoms with Crippen LogP contribution in [0.15, 0.2) is 199 Å². The van der Waals surface area contributed by atoms with Gasteiger partial charge < -0.3 is 23.4 Å². The lowest BCUT2D eigenvalue weighted by Crippen LogP contribution is -2.61. The van der Waals surface area contributed by atoms with Crippen LogP contribution in [0.4, 0.5) is 34.1 Å². The Hall–Kier alpha value is -9.25. The molecule has 0 saturated carbocycles. The molecule has 0 atom stereocenters. The molecule has 76 heavy (non-hydrogen) atoms. The smallest absolute Gasteiger partial charge is 0.252 e. The van der Waals surface area contributed by atoms with Crippen LogP contribution in [0.1, 0.15) is 58.2 Å². The van der Waals surface area contributed by atoms with Crippen LogP contribution in [-0.2, 0) is 10.8 Å². The molecule has 0 amide bonds. The topological polar surface area (TPSA) is 53.3 Å². The van der Waals surface area contributed by atoms with Crippen molar-refractivity contribution in [3.8, 4) is 28.6 Å². The summed E-state index contributed by atoms with van der Waals surface area (Å²) in [6.07, 6.45) is 0. The van der Waals surface area contributed by atoms with Gasteiger partial charge in [0.1, 0.15) is 11.2 Å². The monoisotopic (exact) mass is 975 g/mol. The summed E-state index contributed by atoms with van der Waals surface area (Å²) in [6.45, 7) is 13.7. The molecule has 0 spiro atoms. The predicted octanol–water partition coefficient (Wildman–Crippen LogP) is 16.3. The SMILES string of the molecule is CC(C)(C)c1ccc2c(c1)c1cc(C(C)(C)C)ccc1n2-c1ccc2c(c1)N(c1ccc(-c3cccc4oc5ccccc5c34)cc1)c1cc(C#N)cc3c1B2c1cccc2c1N3c1cccc3c4ccccc4n-2c13. The van der Waals surface area contributed by atoms with Crippen molar-refractivity contribution in [3.63, 3.8) is 0 Å². The third kappa shape index (κ3) is 5.76. The first kappa shape index (κ1) is 43.2. The van der Waals surface area contributed by atoms with Crippen LogP contribution in [0.2, 0.25) is 0 Å². The van der Waals surface area contributed by atoms with Crippen LogP contribution in [0, 0.1) is 11.3 Å². The largest absolute Gasteiger partial charge is 0.456 e. The number of aromatic nitrogens is 2. The van der Waals surface area contributed by atoms with E-state index in [-0.39, 0.29) is 17.5 Å². The van der Waals surface area contributed by atoms with Gasteiger partial charge in [0.05, 0.1) is 50.8 Å². The van der Waals surface area contributed by atoms with Crippen LogP contribution in [0.3, 0.4) is 0 Å². The van der Waals surface area contributed by atoms with E-state index in [2.05, 4.69) is 249 Å². The fraction of sp³-hybridized carbons (Fsp3) is 0.116. The average molecular weight is 976 g/mol. The normalized spacial score (nSPS) is 13.6. The van der Waals surface area contributed by atoms with Gasteiger partial charge in [-0.15, -0.1) is 0 Å². The number of benzene rings is 10. The molecule has 0 radical (unpaired) electrons. The number of anilines is 6. The molecule has 0 fully saturated rings. The van der Waals surface area contributed by atoms with Gasteiger partial charge in [-0.25, -0.2) is 0 Å². The fourth-order valence-electron chi connectivity index (χ4n) is 13.4. The molecule has 0 unspecified atom stereocenters. The molecule has 3 aromatic heterocycles. The maximum Gasteiger partial charge on any atom is 0.252 e. The average Bonchev–Trinajstić information content (AvgIpc) is 4.26. The molecule has 3 aliphatic rings. The number of furan rings is 1. The molecule has 3 aliphatic heterocycles. The second kappa shape index (κ2) is 15.0. The van der Waals surface area contributed by atoms with Gasteiger partial charge in [0.15, 0.2) is 0 Å². The Morgan fingerprint density at radius 3 is 1.80 bits per heavy atom. The van der Waals surface area contributed by atoms with E-state index in [1.807, 2.05) is 12.1 Å². The lowest BCUT2D eigenvalue weighted by molar-refractivity contribution is 0.590. The molecule has 13 aromatic rings. The number of rotatable bonds is 3. The second-order valence-corrected chi connectivity index (χ2v) is 23.3. The number of nitriles is 1. The molecule has 16 rings (SSSR count). The van der Waals surface area contributed by atoms with Gasteiger partial charge in [-0.1, -0.05) is 145 Å². The molecule has 10 aromatic carbocycles. The molecule has 0 saturated heterocycles. The molecule has 0 N–H and O–H groups in total. The van der Waals surface area contributed by atoms with E-state index in [0.717, 1.165) is 78.6 Å². The highest BCUT2D eigenvalue weighted by Gasteiger charge is 2.46. The zero-order chi connectivity index (χ0) is 51.1. The first-order valence-corrected chi connectivity index (χ1v) is 26.5. The van der Waals surface area contributed by atoms with Crippen molar-refractivity contribution in [2.24, 2.45) is 0 Å². The van der Waals surface area contributed by atoms with Crippen LogP contribution in [0.25, 0.3) is 88.1 Å². The van der Waals surface area contributed by atoms with E-state index in [9.17, 15) is 5.26 Å². The van der Waals surface area contributed by atoms with Crippen molar-refractivity contribution >= 4 is 123 Å². The minimum atomic E-state index is -0.139. The summed E-state index contributed by atoms with van der Waals surface area (Å²) in [7, 11) is 0. The quantitative estimate of drug-likeness (QED) is 0.166. The number of fused-ring (bicyclic) bond motifs is 15. The summed E-state index contributed by atoms with van der Waals surface area (Å²) in [5.74, 6) is 0. The van der Waals surface area contributed by atoms with Gasteiger partial charge >= 0.3 is 0 Å². The van der Waals surface area contributed by atoms with Crippen molar-refractivity contribution < 1.29 is 4.42 Å². The minimum absolute atomic E-state index is 0.0196. The molecule has 6 nitrogen and oxygen atoms in total. The lowest BCUT2D eigenvalue weighted by Gasteiger charge is -2.46. The van der Waals surface area contributed by atoms with Gasteiger partial charge in [0.2, 0.25) is 0 Å². The Morgan fingerprint density at radius 2 is 1.07 bits per heavy atom. The number of para-hydroxylation sites is 4. The molecule has 7 heteroatoms. The van der Waals surface area contributed by atoms with Gasteiger partial charge in [0.25, 0.3) is 6.71 Å². The van der Waals surface area contributed by atoms with E-state index < -0.39 is 0 Å². The second-order valence-electron chi connectivity index (χ2n) is 23.3. The van der Waals surface area contributed by atoms with E-state index in [4.69, 9.17) is 4.42 Å². The molecule has 0 bridgehead atoms. The Labute approximate surface area is 440 Å². The van der Waals surface area contributed by atoms with Crippen molar-refractivity contribution in [2.75, 3.05) is 9.80 Å². The first-order chi connectivity index (χ1) is 36.9. The van der Waals surface area contributed by atoms with Gasteiger partial charge in [-0.3, -0.25) is 0 Å². The molecule has 360 valence electrons. The number of hydrogen-bond donors (Lipinski definition) is 0. The molecular formula is C69H50BN5O. The third-order valence-corrected chi connectivity index (χ3v) is 16.9. The summed E-state index contributed by atoms with van der Waals surface area (Å²) < 4.78 is 11.3. The summed E-state index contributed by atoms with van der Waals surface area (Å²) in [5, 5.41) is 18.3. The van der Waals surface area contributed by atoms with Crippen molar-refractivity contribution in [3.05, 3.63) is 211 Å². The van der Waals surface area contributed by atoms with Crippen molar-refractivity contribution in [1.82, 2.24) is 9.13 Å². The molecule has 0 aliphatic carbocycles. The minimum Gasteiger partial charge on any atom is -0.456 e. The maximum absolute atomic E-state index is 11.1. The zero-order valence-electron chi connectivity index (χ0n) is 43.2. The van der Waals surface area contributed by atoms with Crippen molar-refractivity contribution in [2.45, 2.75) is 52.4 Å². The van der Waals surface area contributed by atoms with Crippen LogP contribution < -0.4 is 26.2 Å². The summed E-state index contributed by atoms with van der Waals surface area (Å²) >= 11 is 0. The highest BCUT2D eigenvalue weighted by Crippen LogP contribution is 2.53. The Kier molecular flexibility index (Phi) is 8.50. The lowest BCUT2D eigenvalue weighted by atomic mass is 9.33. The number of hydrogen-bond acceptors (Lipinski definition) is 4. The molecule has 6 heterocycles. The van der Waals surface area contributed by atoms with E-state index in [1.54, 1.807) is 0 Å². The highest BCUT2D eigenvalue weighted by atomic mass is 16.3. The van der Waals surface area contributed by atoms with Gasteiger partial charge in [0, 0.05) is 60.8 Å². The Morgan fingerprint density at radius 1 is 0.447 bits per heavy atom. The summed E-state index contributed by atoms with van der Waals surface area (Å²) in [6, 6.07) is 74.2. The first-order valence-electron chi connectivity index (χ1n) is 26.5. The Balaban J connectivity index is 0.976. The highest BCUT2D eigenvalue weighted by molar-refractivity contribution is 7.00. The Bertz CT molecular complexity index is 4690. The third-order valence-electron chi connectivity index (χ3n) is 16.9. The summed E-state index contributed by atoms with van der Waals surface area (Å²) in [4.78, 5) is 4.90. The standard InChI is InChI=1S/C69H50BN5O/c1-68(2,3)42-26-32-55-50(36-42)51-37-43(69(4,5)6)27-33-56(51)73(55)45-30-31-52-59(38-45)72(44-28-24-41(25-29-44)46-16-12-23-63-64(46)49-15-8-10-22-62(49)76-63)60-34-40(39-71)35-61-65(60)70(52)53-18-13-21-58-67(53)75(61)57-20-11-17-48-47-14-7-9-19-54(47)74(58)66(48)57/h7-38H,1-6H3. The van der Waals surface area contributed by atoms with Crippen molar-refractivity contribution in [1.29, 1.82) is 5.26 Å².